The van der Waals surface area contributed by atoms with E-state index < -0.39 is 6.10 Å². The van der Waals surface area contributed by atoms with Gasteiger partial charge in [0, 0.05) is 7.05 Å². The average molecular weight is 371 g/mol. The molecule has 3 rings (SSSR count). The third-order valence-corrected chi connectivity index (χ3v) is 4.83. The van der Waals surface area contributed by atoms with Crippen molar-refractivity contribution < 1.29 is 14.1 Å². The van der Waals surface area contributed by atoms with Crippen LogP contribution in [0, 0.1) is 6.92 Å². The van der Waals surface area contributed by atoms with E-state index in [2.05, 4.69) is 10.1 Å². The first-order valence-corrected chi connectivity index (χ1v) is 9.30. The normalized spacial score (nSPS) is 12.0. The lowest BCUT2D eigenvalue weighted by Crippen LogP contribution is -2.39. The fraction of sp³-hybridized carbons (Fsp3) is 0.316. The third kappa shape index (κ3) is 4.11. The maximum absolute atomic E-state index is 12.7. The fourth-order valence-corrected chi connectivity index (χ4v) is 3.15. The zero-order chi connectivity index (χ0) is 18.5. The SMILES string of the molecule is CCC(Oc1ccccc1C)C(=O)N(C)Cc1nc(-c2cccs2)no1. The van der Waals surface area contributed by atoms with E-state index in [1.165, 1.54) is 0 Å². The molecule has 0 aliphatic heterocycles. The van der Waals surface area contributed by atoms with Gasteiger partial charge in [0.1, 0.15) is 5.75 Å². The molecule has 0 aliphatic rings. The molecule has 2 heterocycles. The molecule has 6 nitrogen and oxygen atoms in total. The van der Waals surface area contributed by atoms with Gasteiger partial charge in [0.2, 0.25) is 11.7 Å². The molecular weight excluding hydrogens is 350 g/mol. The molecule has 7 heteroatoms. The Morgan fingerprint density at radius 2 is 2.12 bits per heavy atom. The second-order valence-corrected chi connectivity index (χ2v) is 6.91. The number of aryl methyl sites for hydroxylation is 1. The minimum atomic E-state index is -0.555. The number of thiophene rings is 1. The van der Waals surface area contributed by atoms with Crippen molar-refractivity contribution in [3.05, 3.63) is 53.2 Å². The molecule has 0 saturated heterocycles. The number of carbonyl (C=O) groups excluding carboxylic acids is 1. The van der Waals surface area contributed by atoms with Crippen molar-refractivity contribution in [2.45, 2.75) is 32.9 Å². The zero-order valence-electron chi connectivity index (χ0n) is 15.0. The van der Waals surface area contributed by atoms with Crippen molar-refractivity contribution in [2.24, 2.45) is 0 Å². The van der Waals surface area contributed by atoms with Gasteiger partial charge in [0.15, 0.2) is 6.10 Å². The van der Waals surface area contributed by atoms with Crippen molar-refractivity contribution in [3.8, 4) is 16.5 Å². The first kappa shape index (κ1) is 18.1. The lowest BCUT2D eigenvalue weighted by molar-refractivity contribution is -0.138. The molecule has 1 amide bonds. The van der Waals surface area contributed by atoms with Gasteiger partial charge < -0.3 is 14.2 Å². The van der Waals surface area contributed by atoms with Crippen LogP contribution < -0.4 is 4.74 Å². The Morgan fingerprint density at radius 1 is 1.31 bits per heavy atom. The summed E-state index contributed by atoms with van der Waals surface area (Å²) in [6, 6.07) is 11.5. The summed E-state index contributed by atoms with van der Waals surface area (Å²) >= 11 is 1.54. The van der Waals surface area contributed by atoms with Gasteiger partial charge in [-0.1, -0.05) is 36.3 Å². The monoisotopic (exact) mass is 371 g/mol. The smallest absolute Gasteiger partial charge is 0.263 e. The van der Waals surface area contributed by atoms with Gasteiger partial charge in [-0.3, -0.25) is 4.79 Å². The molecule has 0 N–H and O–H groups in total. The Morgan fingerprint density at radius 3 is 2.81 bits per heavy atom. The highest BCUT2D eigenvalue weighted by Gasteiger charge is 2.24. The van der Waals surface area contributed by atoms with E-state index in [1.807, 2.05) is 55.6 Å². The third-order valence-electron chi connectivity index (χ3n) is 3.97. The number of amides is 1. The standard InChI is InChI=1S/C19H21N3O3S/c1-4-14(24-15-9-6-5-8-13(15)2)19(23)22(3)12-17-20-18(21-25-17)16-10-7-11-26-16/h5-11,14H,4,12H2,1-3H3. The Bertz CT molecular complexity index is 861. The Labute approximate surface area is 156 Å². The van der Waals surface area contributed by atoms with Crippen LogP contribution in [0.5, 0.6) is 5.75 Å². The fourth-order valence-electron chi connectivity index (χ4n) is 2.50. The van der Waals surface area contributed by atoms with E-state index in [4.69, 9.17) is 9.26 Å². The van der Waals surface area contributed by atoms with Crippen LogP contribution in [0.4, 0.5) is 0 Å². The molecule has 3 aromatic rings. The van der Waals surface area contributed by atoms with E-state index in [-0.39, 0.29) is 12.5 Å². The summed E-state index contributed by atoms with van der Waals surface area (Å²) in [7, 11) is 1.71. The van der Waals surface area contributed by atoms with Crippen LogP contribution in [0.2, 0.25) is 0 Å². The highest BCUT2D eigenvalue weighted by Crippen LogP contribution is 2.22. The van der Waals surface area contributed by atoms with Crippen molar-refractivity contribution in [1.82, 2.24) is 15.0 Å². The molecular formula is C19H21N3O3S. The number of benzene rings is 1. The van der Waals surface area contributed by atoms with Crippen molar-refractivity contribution >= 4 is 17.2 Å². The number of nitrogens with zero attached hydrogens (tertiary/aromatic N) is 3. The number of ether oxygens (including phenoxy) is 1. The van der Waals surface area contributed by atoms with Crippen LogP contribution >= 0.6 is 11.3 Å². The van der Waals surface area contributed by atoms with Crippen molar-refractivity contribution in [2.75, 3.05) is 7.05 Å². The van der Waals surface area contributed by atoms with E-state index in [0.29, 0.717) is 18.1 Å². The minimum Gasteiger partial charge on any atom is -0.480 e. The highest BCUT2D eigenvalue weighted by atomic mass is 32.1. The van der Waals surface area contributed by atoms with E-state index in [1.54, 1.807) is 23.3 Å². The molecule has 0 radical (unpaired) electrons. The van der Waals surface area contributed by atoms with Gasteiger partial charge in [-0.05, 0) is 36.4 Å². The first-order valence-electron chi connectivity index (χ1n) is 8.42. The molecule has 1 unspecified atom stereocenters. The van der Waals surface area contributed by atoms with E-state index in [9.17, 15) is 4.79 Å². The summed E-state index contributed by atoms with van der Waals surface area (Å²) in [5, 5.41) is 5.92. The molecule has 0 aliphatic carbocycles. The summed E-state index contributed by atoms with van der Waals surface area (Å²) in [5.41, 5.74) is 0.999. The van der Waals surface area contributed by atoms with Gasteiger partial charge in [-0.25, -0.2) is 0 Å². The first-order chi connectivity index (χ1) is 12.6. The van der Waals surface area contributed by atoms with Crippen LogP contribution in [0.1, 0.15) is 24.8 Å². The number of para-hydroxylation sites is 1. The highest BCUT2D eigenvalue weighted by molar-refractivity contribution is 7.13. The van der Waals surface area contributed by atoms with Crippen LogP contribution in [-0.2, 0) is 11.3 Å². The predicted molar refractivity (Wildman–Crippen MR) is 100.0 cm³/mol. The average Bonchev–Trinajstić information content (AvgIpc) is 3.32. The Hall–Kier alpha value is -2.67. The van der Waals surface area contributed by atoms with Gasteiger partial charge in [-0.2, -0.15) is 4.98 Å². The summed E-state index contributed by atoms with van der Waals surface area (Å²) in [6.07, 6.45) is 0.0164. The summed E-state index contributed by atoms with van der Waals surface area (Å²) in [5.74, 6) is 1.54. The van der Waals surface area contributed by atoms with E-state index >= 15 is 0 Å². The van der Waals surface area contributed by atoms with Crippen LogP contribution in [-0.4, -0.2) is 34.1 Å². The largest absolute Gasteiger partial charge is 0.480 e. The topological polar surface area (TPSA) is 68.5 Å². The number of hydrogen-bond acceptors (Lipinski definition) is 6. The van der Waals surface area contributed by atoms with Gasteiger partial charge in [0.25, 0.3) is 5.91 Å². The molecule has 26 heavy (non-hydrogen) atoms. The van der Waals surface area contributed by atoms with Crippen molar-refractivity contribution in [3.63, 3.8) is 0 Å². The van der Waals surface area contributed by atoms with Crippen LogP contribution in [0.3, 0.4) is 0 Å². The molecule has 1 atom stereocenters. The summed E-state index contributed by atoms with van der Waals surface area (Å²) in [4.78, 5) is 19.6. The van der Waals surface area contributed by atoms with Gasteiger partial charge >= 0.3 is 0 Å². The number of likely N-dealkylation sites (N-methyl/N-ethyl adjacent to an activating group) is 1. The second kappa shape index (κ2) is 8.14. The minimum absolute atomic E-state index is 0.119. The van der Waals surface area contributed by atoms with E-state index in [0.717, 1.165) is 16.2 Å². The quantitative estimate of drug-likeness (QED) is 0.630. The molecule has 2 aromatic heterocycles. The number of aromatic nitrogens is 2. The second-order valence-electron chi connectivity index (χ2n) is 5.96. The Balaban J connectivity index is 1.65. The van der Waals surface area contributed by atoms with Gasteiger partial charge in [0.05, 0.1) is 11.4 Å². The summed E-state index contributed by atoms with van der Waals surface area (Å²) in [6.45, 7) is 4.13. The maximum Gasteiger partial charge on any atom is 0.263 e. The lowest BCUT2D eigenvalue weighted by Gasteiger charge is -2.23. The van der Waals surface area contributed by atoms with Gasteiger partial charge in [-0.15, -0.1) is 11.3 Å². The lowest BCUT2D eigenvalue weighted by atomic mass is 10.2. The number of hydrogen-bond donors (Lipinski definition) is 0. The molecule has 0 saturated carbocycles. The maximum atomic E-state index is 12.7. The zero-order valence-corrected chi connectivity index (χ0v) is 15.8. The summed E-state index contributed by atoms with van der Waals surface area (Å²) < 4.78 is 11.2. The predicted octanol–water partition coefficient (Wildman–Crippen LogP) is 3.92. The molecule has 0 bridgehead atoms. The molecule has 1 aromatic carbocycles. The number of rotatable bonds is 7. The van der Waals surface area contributed by atoms with Crippen molar-refractivity contribution in [1.29, 1.82) is 0 Å². The molecule has 0 spiro atoms. The number of carbonyl (C=O) groups is 1. The van der Waals surface area contributed by atoms with Crippen LogP contribution in [0.15, 0.2) is 46.3 Å². The molecule has 136 valence electrons. The Kier molecular flexibility index (Phi) is 5.68. The van der Waals surface area contributed by atoms with Crippen LogP contribution in [0.25, 0.3) is 10.7 Å². The molecule has 0 fully saturated rings.